The van der Waals surface area contributed by atoms with E-state index in [2.05, 4.69) is 10.6 Å². The van der Waals surface area contributed by atoms with Gasteiger partial charge in [-0.2, -0.15) is 0 Å². The minimum atomic E-state index is -0.637. The van der Waals surface area contributed by atoms with Crippen LogP contribution in [0.2, 0.25) is 0 Å². The molecule has 0 unspecified atom stereocenters. The van der Waals surface area contributed by atoms with Crippen molar-refractivity contribution in [2.75, 3.05) is 17.7 Å². The molecule has 2 aromatic carbocycles. The summed E-state index contributed by atoms with van der Waals surface area (Å²) in [5, 5.41) is 4.81. The number of hydrogen-bond acceptors (Lipinski definition) is 3. The standard InChI is InChI=1S/C16H14F2N2O3/c1-9(21)19-14-8-11(4-5-13(14)18)20-16(22)12-7-10(17)3-6-15(12)23-2/h3-8H,1-2H3,(H,19,21)(H,20,22). The molecule has 2 amide bonds. The maximum Gasteiger partial charge on any atom is 0.259 e. The molecule has 7 heteroatoms. The van der Waals surface area contributed by atoms with Gasteiger partial charge in [0.05, 0.1) is 18.4 Å². The van der Waals surface area contributed by atoms with E-state index in [1.54, 1.807) is 0 Å². The molecule has 0 saturated heterocycles. The lowest BCUT2D eigenvalue weighted by Gasteiger charge is -2.11. The Morgan fingerprint density at radius 3 is 2.43 bits per heavy atom. The smallest absolute Gasteiger partial charge is 0.259 e. The predicted octanol–water partition coefficient (Wildman–Crippen LogP) is 3.18. The van der Waals surface area contributed by atoms with Crippen molar-refractivity contribution in [3.63, 3.8) is 0 Å². The molecule has 0 atom stereocenters. The van der Waals surface area contributed by atoms with Crippen molar-refractivity contribution < 1.29 is 23.1 Å². The zero-order chi connectivity index (χ0) is 17.0. The third-order valence-electron chi connectivity index (χ3n) is 2.94. The Kier molecular flexibility index (Phi) is 4.90. The topological polar surface area (TPSA) is 67.4 Å². The number of carbonyl (C=O) groups excluding carboxylic acids is 2. The van der Waals surface area contributed by atoms with Crippen LogP contribution in [0.3, 0.4) is 0 Å². The Labute approximate surface area is 131 Å². The van der Waals surface area contributed by atoms with Crippen molar-refractivity contribution in [2.24, 2.45) is 0 Å². The fourth-order valence-corrected chi connectivity index (χ4v) is 1.94. The molecule has 0 aromatic heterocycles. The molecule has 2 aromatic rings. The molecule has 0 spiro atoms. The first-order valence-corrected chi connectivity index (χ1v) is 6.62. The number of nitrogens with one attached hydrogen (secondary N) is 2. The van der Waals surface area contributed by atoms with Gasteiger partial charge < -0.3 is 15.4 Å². The minimum Gasteiger partial charge on any atom is -0.496 e. The molecular formula is C16H14F2N2O3. The molecule has 0 fully saturated rings. The summed E-state index contributed by atoms with van der Waals surface area (Å²) in [5.74, 6) is -2.09. The second-order valence-electron chi connectivity index (χ2n) is 4.67. The highest BCUT2D eigenvalue weighted by molar-refractivity contribution is 6.06. The van der Waals surface area contributed by atoms with E-state index in [0.717, 1.165) is 12.1 Å². The summed E-state index contributed by atoms with van der Waals surface area (Å²) in [7, 11) is 1.36. The number of anilines is 2. The van der Waals surface area contributed by atoms with Gasteiger partial charge in [0.15, 0.2) is 0 Å². The number of amides is 2. The van der Waals surface area contributed by atoms with Crippen LogP contribution in [0.5, 0.6) is 5.75 Å². The van der Waals surface area contributed by atoms with E-state index in [1.165, 1.54) is 38.3 Å². The third-order valence-corrected chi connectivity index (χ3v) is 2.94. The zero-order valence-electron chi connectivity index (χ0n) is 12.4. The monoisotopic (exact) mass is 320 g/mol. The van der Waals surface area contributed by atoms with Crippen LogP contribution in [0, 0.1) is 11.6 Å². The van der Waals surface area contributed by atoms with Crippen LogP contribution in [-0.4, -0.2) is 18.9 Å². The Bertz CT molecular complexity index is 763. The largest absolute Gasteiger partial charge is 0.496 e. The normalized spacial score (nSPS) is 10.1. The fraction of sp³-hybridized carbons (Fsp3) is 0.125. The molecular weight excluding hydrogens is 306 g/mol. The van der Waals surface area contributed by atoms with Gasteiger partial charge in [-0.15, -0.1) is 0 Å². The van der Waals surface area contributed by atoms with Crippen LogP contribution in [0.1, 0.15) is 17.3 Å². The van der Waals surface area contributed by atoms with Crippen LogP contribution in [0.15, 0.2) is 36.4 Å². The Hall–Kier alpha value is -2.96. The minimum absolute atomic E-state index is 0.00194. The molecule has 0 saturated carbocycles. The van der Waals surface area contributed by atoms with Gasteiger partial charge in [-0.25, -0.2) is 8.78 Å². The van der Waals surface area contributed by atoms with E-state index < -0.39 is 23.4 Å². The SMILES string of the molecule is COc1ccc(F)cc1C(=O)Nc1ccc(F)c(NC(C)=O)c1. The second kappa shape index (κ2) is 6.87. The maximum atomic E-state index is 13.6. The van der Waals surface area contributed by atoms with Gasteiger partial charge in [0, 0.05) is 12.6 Å². The Morgan fingerprint density at radius 2 is 1.78 bits per heavy atom. The number of halogens is 2. The van der Waals surface area contributed by atoms with Crippen molar-refractivity contribution in [3.8, 4) is 5.75 Å². The van der Waals surface area contributed by atoms with Crippen LogP contribution < -0.4 is 15.4 Å². The molecule has 0 aliphatic heterocycles. The summed E-state index contributed by atoms with van der Waals surface area (Å²) >= 11 is 0. The van der Waals surface area contributed by atoms with E-state index in [-0.39, 0.29) is 22.7 Å². The average molecular weight is 320 g/mol. The quantitative estimate of drug-likeness (QED) is 0.909. The molecule has 5 nitrogen and oxygen atoms in total. The van der Waals surface area contributed by atoms with Gasteiger partial charge in [0.25, 0.3) is 5.91 Å². The fourth-order valence-electron chi connectivity index (χ4n) is 1.94. The van der Waals surface area contributed by atoms with Crippen molar-refractivity contribution in [2.45, 2.75) is 6.92 Å². The zero-order valence-corrected chi connectivity index (χ0v) is 12.4. The highest BCUT2D eigenvalue weighted by Gasteiger charge is 2.14. The van der Waals surface area contributed by atoms with Gasteiger partial charge >= 0.3 is 0 Å². The van der Waals surface area contributed by atoms with Gasteiger partial charge in [-0.05, 0) is 36.4 Å². The predicted molar refractivity (Wildman–Crippen MR) is 81.6 cm³/mol. The number of ether oxygens (including phenoxy) is 1. The summed E-state index contributed by atoms with van der Waals surface area (Å²) in [4.78, 5) is 23.2. The van der Waals surface area contributed by atoms with Crippen LogP contribution in [0.4, 0.5) is 20.2 Å². The average Bonchev–Trinajstić information content (AvgIpc) is 2.50. The number of benzene rings is 2. The molecule has 0 aliphatic carbocycles. The number of methoxy groups -OCH3 is 1. The molecule has 0 heterocycles. The second-order valence-corrected chi connectivity index (χ2v) is 4.67. The maximum absolute atomic E-state index is 13.6. The highest BCUT2D eigenvalue weighted by Crippen LogP contribution is 2.23. The molecule has 2 N–H and O–H groups in total. The number of rotatable bonds is 4. The van der Waals surface area contributed by atoms with Gasteiger partial charge in [0.2, 0.25) is 5.91 Å². The molecule has 120 valence electrons. The molecule has 2 rings (SSSR count). The van der Waals surface area contributed by atoms with E-state index in [1.807, 2.05) is 0 Å². The Morgan fingerprint density at radius 1 is 1.04 bits per heavy atom. The summed E-state index contributed by atoms with van der Waals surface area (Å²) < 4.78 is 31.9. The number of carbonyl (C=O) groups is 2. The first kappa shape index (κ1) is 16.4. The lowest BCUT2D eigenvalue weighted by Crippen LogP contribution is -2.14. The molecule has 23 heavy (non-hydrogen) atoms. The van der Waals surface area contributed by atoms with Gasteiger partial charge in [0.1, 0.15) is 17.4 Å². The van der Waals surface area contributed by atoms with Crippen molar-refractivity contribution in [1.82, 2.24) is 0 Å². The number of hydrogen-bond donors (Lipinski definition) is 2. The Balaban J connectivity index is 2.27. The lowest BCUT2D eigenvalue weighted by atomic mass is 10.1. The molecule has 0 radical (unpaired) electrons. The van der Waals surface area contributed by atoms with Crippen LogP contribution in [0.25, 0.3) is 0 Å². The van der Waals surface area contributed by atoms with Crippen molar-refractivity contribution >= 4 is 23.2 Å². The molecule has 0 bridgehead atoms. The summed E-state index contributed by atoms with van der Waals surface area (Å²) in [6.45, 7) is 1.24. The summed E-state index contributed by atoms with van der Waals surface area (Å²) in [5.41, 5.74) is 0.172. The van der Waals surface area contributed by atoms with E-state index in [0.29, 0.717) is 0 Å². The lowest BCUT2D eigenvalue weighted by molar-refractivity contribution is -0.114. The summed E-state index contributed by atoms with van der Waals surface area (Å²) in [6, 6.07) is 7.22. The van der Waals surface area contributed by atoms with Crippen LogP contribution >= 0.6 is 0 Å². The van der Waals surface area contributed by atoms with Crippen molar-refractivity contribution in [3.05, 3.63) is 53.6 Å². The highest BCUT2D eigenvalue weighted by atomic mass is 19.1. The summed E-state index contributed by atoms with van der Waals surface area (Å²) in [6.07, 6.45) is 0. The van der Waals surface area contributed by atoms with Crippen molar-refractivity contribution in [1.29, 1.82) is 0 Å². The first-order chi connectivity index (χ1) is 10.9. The van der Waals surface area contributed by atoms with E-state index in [9.17, 15) is 18.4 Å². The molecule has 0 aliphatic rings. The van der Waals surface area contributed by atoms with E-state index >= 15 is 0 Å². The third kappa shape index (κ3) is 4.03. The van der Waals surface area contributed by atoms with Crippen LogP contribution in [-0.2, 0) is 4.79 Å². The van der Waals surface area contributed by atoms with E-state index in [4.69, 9.17) is 4.74 Å². The first-order valence-electron chi connectivity index (χ1n) is 6.62. The van der Waals surface area contributed by atoms with Gasteiger partial charge in [-0.1, -0.05) is 0 Å². The van der Waals surface area contributed by atoms with Gasteiger partial charge in [-0.3, -0.25) is 9.59 Å².